The molecule has 0 N–H and O–H groups in total. The molecule has 0 radical (unpaired) electrons. The van der Waals surface area contributed by atoms with Gasteiger partial charge in [0, 0.05) is 20.8 Å². The molecular weight excluding hydrogens is 320 g/mol. The van der Waals surface area contributed by atoms with Crippen molar-refractivity contribution in [2.75, 3.05) is 7.11 Å². The van der Waals surface area contributed by atoms with Gasteiger partial charge in [-0.15, -0.1) is 0 Å². The van der Waals surface area contributed by atoms with E-state index in [9.17, 15) is 19.2 Å². The Morgan fingerprint density at radius 3 is 1.96 bits per heavy atom. The van der Waals surface area contributed by atoms with E-state index in [-0.39, 0.29) is 17.3 Å². The highest BCUT2D eigenvalue weighted by molar-refractivity contribution is 5.94. The maximum Gasteiger partial charge on any atom is 0.374 e. The minimum atomic E-state index is -0.858. The molecule has 0 aromatic heterocycles. The lowest BCUT2D eigenvalue weighted by Crippen LogP contribution is -2.11. The van der Waals surface area contributed by atoms with Crippen LogP contribution in [0, 0.1) is 0 Å². The zero-order valence-corrected chi connectivity index (χ0v) is 13.6. The lowest BCUT2D eigenvalue weighted by molar-refractivity contribution is -0.148. The van der Waals surface area contributed by atoms with Crippen molar-refractivity contribution < 1.29 is 38.1 Å². The fourth-order valence-corrected chi connectivity index (χ4v) is 1.63. The van der Waals surface area contributed by atoms with Gasteiger partial charge in [0.05, 0.1) is 7.11 Å². The summed E-state index contributed by atoms with van der Waals surface area (Å²) >= 11 is 0. The molecule has 0 atom stereocenters. The Balaban J connectivity index is 3.28. The van der Waals surface area contributed by atoms with Gasteiger partial charge in [-0.3, -0.25) is 14.4 Å². The number of esters is 4. The van der Waals surface area contributed by atoms with Crippen LogP contribution in [0.3, 0.4) is 0 Å². The monoisotopic (exact) mass is 336 g/mol. The highest BCUT2D eigenvalue weighted by atomic mass is 16.6. The highest BCUT2D eigenvalue weighted by Crippen LogP contribution is 2.30. The predicted molar refractivity (Wildman–Crippen MR) is 80.8 cm³/mol. The summed E-state index contributed by atoms with van der Waals surface area (Å²) in [7, 11) is 1.13. The molecule has 0 heterocycles. The fraction of sp³-hybridized carbons (Fsp3) is 0.250. The summed E-state index contributed by atoms with van der Waals surface area (Å²) in [6.07, 6.45) is 1.22. The molecule has 8 heteroatoms. The van der Waals surface area contributed by atoms with Crippen molar-refractivity contribution in [2.45, 2.75) is 20.8 Å². The number of hydrogen-bond acceptors (Lipinski definition) is 8. The van der Waals surface area contributed by atoms with E-state index in [0.29, 0.717) is 5.56 Å². The van der Waals surface area contributed by atoms with Crippen molar-refractivity contribution in [2.24, 2.45) is 0 Å². The maximum absolute atomic E-state index is 11.6. The van der Waals surface area contributed by atoms with E-state index in [1.54, 1.807) is 0 Å². The lowest BCUT2D eigenvalue weighted by Gasteiger charge is -2.10. The van der Waals surface area contributed by atoms with Gasteiger partial charge in [0.2, 0.25) is 5.76 Å². The van der Waals surface area contributed by atoms with Crippen molar-refractivity contribution in [3.63, 3.8) is 0 Å². The van der Waals surface area contributed by atoms with Gasteiger partial charge in [-0.25, -0.2) is 4.79 Å². The van der Waals surface area contributed by atoms with E-state index >= 15 is 0 Å². The van der Waals surface area contributed by atoms with Crippen LogP contribution in [-0.2, 0) is 28.7 Å². The Bertz CT molecular complexity index is 702. The lowest BCUT2D eigenvalue weighted by atomic mass is 10.1. The smallest absolute Gasteiger partial charge is 0.374 e. The largest absolute Gasteiger partial charge is 0.463 e. The Morgan fingerprint density at radius 1 is 0.875 bits per heavy atom. The molecule has 0 aliphatic carbocycles. The molecule has 0 spiro atoms. The van der Waals surface area contributed by atoms with E-state index < -0.39 is 23.9 Å². The Kier molecular flexibility index (Phi) is 6.66. The predicted octanol–water partition coefficient (Wildman–Crippen LogP) is 1.61. The average molecular weight is 336 g/mol. The third kappa shape index (κ3) is 5.91. The molecule has 0 aliphatic rings. The number of carbonyl (C=O) groups excluding carboxylic acids is 4. The van der Waals surface area contributed by atoms with Crippen LogP contribution in [0.2, 0.25) is 0 Å². The van der Waals surface area contributed by atoms with Crippen LogP contribution < -0.4 is 9.47 Å². The zero-order valence-electron chi connectivity index (χ0n) is 13.6. The molecule has 0 amide bonds. The molecule has 1 aromatic rings. The molecule has 0 saturated heterocycles. The van der Waals surface area contributed by atoms with Crippen molar-refractivity contribution in [3.8, 4) is 11.5 Å². The molecule has 8 nitrogen and oxygen atoms in total. The summed E-state index contributed by atoms with van der Waals surface area (Å²) < 4.78 is 19.2. The van der Waals surface area contributed by atoms with Crippen LogP contribution in [0.1, 0.15) is 26.3 Å². The summed E-state index contributed by atoms with van der Waals surface area (Å²) in [5, 5.41) is 0. The van der Waals surface area contributed by atoms with E-state index in [1.165, 1.54) is 38.1 Å². The summed E-state index contributed by atoms with van der Waals surface area (Å²) in [6, 6.07) is 4.18. The van der Waals surface area contributed by atoms with Gasteiger partial charge < -0.3 is 18.9 Å². The van der Waals surface area contributed by atoms with Crippen LogP contribution in [0.15, 0.2) is 24.0 Å². The zero-order chi connectivity index (χ0) is 18.3. The van der Waals surface area contributed by atoms with Crippen molar-refractivity contribution in [1.82, 2.24) is 0 Å². The molecule has 24 heavy (non-hydrogen) atoms. The SMILES string of the molecule is COC(=O)/C(=C/c1ccc(OC(C)=O)c(OC(C)=O)c1)OC(C)=O. The van der Waals surface area contributed by atoms with E-state index in [2.05, 4.69) is 4.74 Å². The summed E-state index contributed by atoms with van der Waals surface area (Å²) in [5.74, 6) is -3.13. The molecule has 0 fully saturated rings. The van der Waals surface area contributed by atoms with E-state index in [0.717, 1.165) is 14.0 Å². The molecule has 1 aromatic carbocycles. The molecule has 0 aliphatic heterocycles. The Labute approximate surface area is 137 Å². The second-order valence-electron chi connectivity index (χ2n) is 4.49. The number of rotatable bonds is 5. The minimum Gasteiger partial charge on any atom is -0.463 e. The molecule has 1 rings (SSSR count). The van der Waals surface area contributed by atoms with Gasteiger partial charge in [0.15, 0.2) is 11.5 Å². The second-order valence-corrected chi connectivity index (χ2v) is 4.49. The first-order valence-corrected chi connectivity index (χ1v) is 6.72. The average Bonchev–Trinajstić information content (AvgIpc) is 2.47. The van der Waals surface area contributed by atoms with Crippen molar-refractivity contribution >= 4 is 30.0 Å². The van der Waals surface area contributed by atoms with Crippen LogP contribution >= 0.6 is 0 Å². The first-order valence-electron chi connectivity index (χ1n) is 6.72. The fourth-order valence-electron chi connectivity index (χ4n) is 1.63. The van der Waals surface area contributed by atoms with Gasteiger partial charge in [-0.1, -0.05) is 6.07 Å². The standard InChI is InChI=1S/C16H16O8/c1-9(17)22-13-6-5-12(7-14(13)23-10(2)18)8-15(16(20)21-4)24-11(3)19/h5-8H,1-4H3/b15-8-. The van der Waals surface area contributed by atoms with Crippen molar-refractivity contribution in [3.05, 3.63) is 29.5 Å². The molecule has 0 bridgehead atoms. The summed E-state index contributed by atoms with van der Waals surface area (Å²) in [5.41, 5.74) is 0.351. The number of carbonyl (C=O) groups is 4. The molecule has 0 unspecified atom stereocenters. The van der Waals surface area contributed by atoms with Crippen LogP contribution in [-0.4, -0.2) is 31.0 Å². The third-order valence-corrected chi connectivity index (χ3v) is 2.41. The van der Waals surface area contributed by atoms with Crippen LogP contribution in [0.5, 0.6) is 11.5 Å². The molecule has 128 valence electrons. The number of methoxy groups -OCH3 is 1. The van der Waals surface area contributed by atoms with Gasteiger partial charge >= 0.3 is 23.9 Å². The van der Waals surface area contributed by atoms with Crippen LogP contribution in [0.4, 0.5) is 0 Å². The third-order valence-electron chi connectivity index (χ3n) is 2.41. The second kappa shape index (κ2) is 8.47. The highest BCUT2D eigenvalue weighted by Gasteiger charge is 2.16. The van der Waals surface area contributed by atoms with Crippen LogP contribution in [0.25, 0.3) is 6.08 Å². The van der Waals surface area contributed by atoms with Gasteiger partial charge in [0.1, 0.15) is 0 Å². The van der Waals surface area contributed by atoms with Gasteiger partial charge in [-0.05, 0) is 23.8 Å². The van der Waals surface area contributed by atoms with Gasteiger partial charge in [-0.2, -0.15) is 0 Å². The summed E-state index contributed by atoms with van der Waals surface area (Å²) in [4.78, 5) is 44.9. The number of hydrogen-bond donors (Lipinski definition) is 0. The maximum atomic E-state index is 11.6. The first kappa shape index (κ1) is 18.9. The van der Waals surface area contributed by atoms with Gasteiger partial charge in [0.25, 0.3) is 0 Å². The quantitative estimate of drug-likeness (QED) is 0.346. The topological polar surface area (TPSA) is 105 Å². The first-order chi connectivity index (χ1) is 11.2. The Morgan fingerprint density at radius 2 is 1.46 bits per heavy atom. The minimum absolute atomic E-state index is 0.0292. The number of ether oxygens (including phenoxy) is 4. The normalized spacial score (nSPS) is 10.6. The Hall–Kier alpha value is -3.16. The molecule has 0 saturated carbocycles. The summed E-state index contributed by atoms with van der Waals surface area (Å²) in [6.45, 7) is 3.51. The van der Waals surface area contributed by atoms with E-state index in [4.69, 9.17) is 14.2 Å². The van der Waals surface area contributed by atoms with Crippen molar-refractivity contribution in [1.29, 1.82) is 0 Å². The number of benzene rings is 1. The molecular formula is C16H16O8. The van der Waals surface area contributed by atoms with E-state index in [1.807, 2.05) is 0 Å².